The summed E-state index contributed by atoms with van der Waals surface area (Å²) < 4.78 is 18.4. The maximum Gasteiger partial charge on any atom is 0.337 e. The van der Waals surface area contributed by atoms with Crippen LogP contribution >= 0.6 is 11.3 Å². The molecule has 6 nitrogen and oxygen atoms in total. The summed E-state index contributed by atoms with van der Waals surface area (Å²) in [4.78, 5) is 39.2. The second kappa shape index (κ2) is 10.2. The second-order valence-electron chi connectivity index (χ2n) is 10.0. The second-order valence-corrected chi connectivity index (χ2v) is 11.1. The van der Waals surface area contributed by atoms with Crippen molar-refractivity contribution in [1.82, 2.24) is 0 Å². The highest BCUT2D eigenvalue weighted by Gasteiger charge is 2.34. The van der Waals surface area contributed by atoms with Gasteiger partial charge in [-0.15, -0.1) is 11.3 Å². The Morgan fingerprint density at radius 2 is 1.72 bits per heavy atom. The summed E-state index contributed by atoms with van der Waals surface area (Å²) in [6.07, 6.45) is 2.50. The third-order valence-corrected chi connectivity index (χ3v) is 7.76. The molecule has 2 N–H and O–H groups in total. The van der Waals surface area contributed by atoms with Gasteiger partial charge >= 0.3 is 5.97 Å². The number of anilines is 2. The quantitative estimate of drug-likeness (QED) is 0.395. The van der Waals surface area contributed by atoms with E-state index in [0.29, 0.717) is 27.7 Å². The van der Waals surface area contributed by atoms with Crippen molar-refractivity contribution in [1.29, 1.82) is 0 Å². The predicted octanol–water partition coefficient (Wildman–Crippen LogP) is 6.33. The van der Waals surface area contributed by atoms with E-state index >= 15 is 0 Å². The molecule has 1 heterocycles. The van der Waals surface area contributed by atoms with E-state index in [-0.39, 0.29) is 16.9 Å². The lowest BCUT2D eigenvalue weighted by Crippen LogP contribution is -2.27. The van der Waals surface area contributed by atoms with Gasteiger partial charge < -0.3 is 15.4 Å². The molecule has 0 spiro atoms. The minimum atomic E-state index is -0.505. The number of esters is 1. The summed E-state index contributed by atoms with van der Waals surface area (Å²) in [6.45, 7) is 6.65. The Labute approximate surface area is 213 Å². The molecule has 4 rings (SSSR count). The minimum absolute atomic E-state index is 0.121. The van der Waals surface area contributed by atoms with E-state index in [1.165, 1.54) is 42.7 Å². The first-order chi connectivity index (χ1) is 17.1. The normalized spacial score (nSPS) is 15.1. The maximum absolute atomic E-state index is 13.7. The monoisotopic (exact) mass is 508 g/mol. The molecule has 1 atom stereocenters. The Kier molecular flexibility index (Phi) is 7.26. The molecular weight excluding hydrogens is 479 g/mol. The summed E-state index contributed by atoms with van der Waals surface area (Å²) in [5.74, 6) is -1.33. The van der Waals surface area contributed by atoms with Gasteiger partial charge in [0.2, 0.25) is 0 Å². The zero-order chi connectivity index (χ0) is 26.0. The number of methoxy groups -OCH3 is 1. The number of hydrogen-bond acceptors (Lipinski definition) is 5. The number of amides is 2. The van der Waals surface area contributed by atoms with Crippen LogP contribution in [-0.4, -0.2) is 24.9 Å². The van der Waals surface area contributed by atoms with Gasteiger partial charge in [0.1, 0.15) is 10.8 Å². The number of fused-ring (bicyclic) bond motifs is 1. The van der Waals surface area contributed by atoms with Crippen molar-refractivity contribution in [3.05, 3.63) is 81.5 Å². The predicted molar refractivity (Wildman–Crippen MR) is 139 cm³/mol. The first kappa shape index (κ1) is 25.6. The van der Waals surface area contributed by atoms with Crippen LogP contribution in [0, 0.1) is 17.2 Å². The third kappa shape index (κ3) is 5.49. The molecule has 1 aromatic heterocycles. The maximum atomic E-state index is 13.7. The first-order valence-corrected chi connectivity index (χ1v) is 12.6. The van der Waals surface area contributed by atoms with Crippen LogP contribution in [-0.2, 0) is 17.6 Å². The molecule has 2 amide bonds. The molecule has 0 unspecified atom stereocenters. The van der Waals surface area contributed by atoms with Crippen molar-refractivity contribution < 1.29 is 23.5 Å². The van der Waals surface area contributed by atoms with Crippen LogP contribution in [0.2, 0.25) is 0 Å². The Hall–Kier alpha value is -3.52. The molecule has 8 heteroatoms. The van der Waals surface area contributed by atoms with Crippen molar-refractivity contribution >= 4 is 39.8 Å². The molecular formula is C28H29FN2O4S. The van der Waals surface area contributed by atoms with Crippen LogP contribution in [0.15, 0.2) is 48.5 Å². The van der Waals surface area contributed by atoms with E-state index in [4.69, 9.17) is 4.74 Å². The van der Waals surface area contributed by atoms with Gasteiger partial charge in [0.15, 0.2) is 0 Å². The van der Waals surface area contributed by atoms with Gasteiger partial charge in [-0.1, -0.05) is 26.8 Å². The first-order valence-electron chi connectivity index (χ1n) is 11.8. The van der Waals surface area contributed by atoms with E-state index in [2.05, 4.69) is 31.4 Å². The van der Waals surface area contributed by atoms with Crippen LogP contribution < -0.4 is 10.6 Å². The molecule has 1 aliphatic carbocycles. The van der Waals surface area contributed by atoms with Gasteiger partial charge in [0.25, 0.3) is 11.8 Å². The van der Waals surface area contributed by atoms with Gasteiger partial charge in [-0.05, 0) is 78.6 Å². The highest BCUT2D eigenvalue weighted by atomic mass is 32.1. The Bertz CT molecular complexity index is 1310. The molecule has 0 fully saturated rings. The van der Waals surface area contributed by atoms with E-state index in [9.17, 15) is 18.8 Å². The van der Waals surface area contributed by atoms with E-state index < -0.39 is 17.7 Å². The molecule has 36 heavy (non-hydrogen) atoms. The average Bonchev–Trinajstić information content (AvgIpc) is 3.20. The molecule has 0 bridgehead atoms. The van der Waals surface area contributed by atoms with Crippen molar-refractivity contribution in [3.63, 3.8) is 0 Å². The summed E-state index contributed by atoms with van der Waals surface area (Å²) in [6, 6.07) is 11.9. The van der Waals surface area contributed by atoms with Gasteiger partial charge in [0.05, 0.1) is 18.2 Å². The molecule has 2 aromatic carbocycles. The molecule has 0 saturated heterocycles. The number of benzene rings is 2. The van der Waals surface area contributed by atoms with Crippen LogP contribution in [0.4, 0.5) is 15.1 Å². The summed E-state index contributed by atoms with van der Waals surface area (Å²) >= 11 is 1.41. The van der Waals surface area contributed by atoms with Crippen molar-refractivity contribution in [2.45, 2.75) is 40.0 Å². The van der Waals surface area contributed by atoms with Crippen LogP contribution in [0.25, 0.3) is 0 Å². The SMILES string of the molecule is COC(=O)c1ccc(NC(=O)c2c(NC(=O)c3cccc(F)c3)sc3c2CC[C@H](C(C)(C)C)C3)cc1. The van der Waals surface area contributed by atoms with Gasteiger partial charge in [-0.2, -0.15) is 0 Å². The standard InChI is InChI=1S/C28H29FN2O4S/c1-28(2,3)18-10-13-21-22(15-18)36-26(31-24(32)17-6-5-7-19(29)14-17)23(21)25(33)30-20-11-8-16(9-12-20)27(34)35-4/h5-9,11-12,14,18H,10,13,15H2,1-4H3,(H,30,33)(H,31,32)/t18-/m0/s1. The number of hydrogen-bond donors (Lipinski definition) is 2. The molecule has 0 saturated carbocycles. The highest BCUT2D eigenvalue weighted by Crippen LogP contribution is 2.44. The zero-order valence-corrected chi connectivity index (χ0v) is 21.6. The minimum Gasteiger partial charge on any atom is -0.465 e. The number of nitrogens with one attached hydrogen (secondary N) is 2. The zero-order valence-electron chi connectivity index (χ0n) is 20.7. The van der Waals surface area contributed by atoms with Gasteiger partial charge in [0, 0.05) is 16.1 Å². The molecule has 0 aliphatic heterocycles. The molecule has 0 radical (unpaired) electrons. The molecule has 188 valence electrons. The number of carbonyl (C=O) groups excluding carboxylic acids is 3. The van der Waals surface area contributed by atoms with Crippen molar-refractivity contribution in [2.24, 2.45) is 11.3 Å². The highest BCUT2D eigenvalue weighted by molar-refractivity contribution is 7.17. The number of ether oxygens (including phenoxy) is 1. The van der Waals surface area contributed by atoms with Crippen LogP contribution in [0.3, 0.4) is 0 Å². The summed E-state index contributed by atoms with van der Waals surface area (Å²) in [5.41, 5.74) is 2.57. The van der Waals surface area contributed by atoms with Gasteiger partial charge in [-0.3, -0.25) is 9.59 Å². The number of carbonyl (C=O) groups is 3. The van der Waals surface area contributed by atoms with Crippen molar-refractivity contribution in [2.75, 3.05) is 17.7 Å². The van der Waals surface area contributed by atoms with Crippen LogP contribution in [0.5, 0.6) is 0 Å². The fraction of sp³-hybridized carbons (Fsp3) is 0.321. The number of thiophene rings is 1. The Morgan fingerprint density at radius 3 is 2.36 bits per heavy atom. The van der Waals surface area contributed by atoms with Crippen LogP contribution in [0.1, 0.15) is 68.7 Å². The fourth-order valence-electron chi connectivity index (χ4n) is 4.46. The lowest BCUT2D eigenvalue weighted by molar-refractivity contribution is 0.0600. The average molecular weight is 509 g/mol. The van der Waals surface area contributed by atoms with E-state index in [0.717, 1.165) is 29.7 Å². The van der Waals surface area contributed by atoms with Gasteiger partial charge in [-0.25, -0.2) is 9.18 Å². The van der Waals surface area contributed by atoms with E-state index in [1.807, 2.05) is 0 Å². The number of halogens is 1. The van der Waals surface area contributed by atoms with Crippen molar-refractivity contribution in [3.8, 4) is 0 Å². The fourth-order valence-corrected chi connectivity index (χ4v) is 5.78. The third-order valence-electron chi connectivity index (χ3n) is 6.59. The lowest BCUT2D eigenvalue weighted by atomic mass is 9.72. The largest absolute Gasteiger partial charge is 0.465 e. The van der Waals surface area contributed by atoms with E-state index in [1.54, 1.807) is 24.3 Å². The Morgan fingerprint density at radius 1 is 1.00 bits per heavy atom. The lowest BCUT2D eigenvalue weighted by Gasteiger charge is -2.33. The smallest absolute Gasteiger partial charge is 0.337 e. The Balaban J connectivity index is 1.65. The number of rotatable bonds is 5. The summed E-state index contributed by atoms with van der Waals surface area (Å²) in [5, 5.41) is 6.19. The molecule has 3 aromatic rings. The summed E-state index contributed by atoms with van der Waals surface area (Å²) in [7, 11) is 1.31. The molecule has 1 aliphatic rings. The topological polar surface area (TPSA) is 84.5 Å².